The summed E-state index contributed by atoms with van der Waals surface area (Å²) in [4.78, 5) is 3.74. The van der Waals surface area contributed by atoms with Crippen LogP contribution in [0.2, 0.25) is 0 Å². The maximum absolute atomic E-state index is 12.5. The highest BCUT2D eigenvalue weighted by molar-refractivity contribution is 5.99. The molecule has 0 radical (unpaired) electrons. The summed E-state index contributed by atoms with van der Waals surface area (Å²) in [6.45, 7) is 4.28. The normalized spacial score (nSPS) is 13.4. The molecule has 1 aromatic carbocycles. The van der Waals surface area contributed by atoms with Gasteiger partial charge in [-0.05, 0) is 31.5 Å². The second-order valence-corrected chi connectivity index (χ2v) is 6.07. The van der Waals surface area contributed by atoms with E-state index >= 15 is 0 Å². The van der Waals surface area contributed by atoms with Gasteiger partial charge in [0.15, 0.2) is 0 Å². The molecule has 0 amide bonds. The predicted molar refractivity (Wildman–Crippen MR) is 97.4 cm³/mol. The number of para-hydroxylation sites is 1. The third-order valence-electron chi connectivity index (χ3n) is 4.31. The molecule has 0 aliphatic heterocycles. The van der Waals surface area contributed by atoms with Crippen molar-refractivity contribution >= 4 is 22.9 Å². The lowest BCUT2D eigenvalue weighted by molar-refractivity contribution is -0.137. The monoisotopic (exact) mass is 360 g/mol. The number of hydrazone groups is 1. The molecule has 0 spiro atoms. The molecule has 7 heteroatoms. The summed E-state index contributed by atoms with van der Waals surface area (Å²) < 4.78 is 39.8. The van der Waals surface area contributed by atoms with Crippen LogP contribution < -0.4 is 5.43 Å². The average molecular weight is 360 g/mol. The number of alkyl halides is 3. The van der Waals surface area contributed by atoms with Crippen molar-refractivity contribution < 1.29 is 13.2 Å². The molecule has 3 aromatic rings. The van der Waals surface area contributed by atoms with Crippen molar-refractivity contribution in [1.82, 2.24) is 9.55 Å². The summed E-state index contributed by atoms with van der Waals surface area (Å²) in [5.41, 5.74) is 3.93. The first-order valence-electron chi connectivity index (χ1n) is 8.32. The molecule has 3 rings (SSSR count). The Morgan fingerprint density at radius 3 is 2.65 bits per heavy atom. The molecule has 0 aliphatic rings. The van der Waals surface area contributed by atoms with Crippen LogP contribution in [0, 0.1) is 0 Å². The van der Waals surface area contributed by atoms with Gasteiger partial charge in [0.25, 0.3) is 0 Å². The van der Waals surface area contributed by atoms with Gasteiger partial charge < -0.3 is 4.57 Å². The number of fused-ring (bicyclic) bond motifs is 1. The van der Waals surface area contributed by atoms with E-state index in [4.69, 9.17) is 0 Å². The third-order valence-corrected chi connectivity index (χ3v) is 4.31. The van der Waals surface area contributed by atoms with E-state index in [1.807, 2.05) is 24.4 Å². The number of aromatic nitrogens is 2. The van der Waals surface area contributed by atoms with Crippen molar-refractivity contribution in [3.05, 3.63) is 59.9 Å². The van der Waals surface area contributed by atoms with Gasteiger partial charge in [-0.3, -0.25) is 5.43 Å². The fraction of sp³-hybridized carbons (Fsp3) is 0.263. The van der Waals surface area contributed by atoms with Crippen LogP contribution in [-0.4, -0.2) is 15.8 Å². The number of pyridine rings is 1. The van der Waals surface area contributed by atoms with Crippen LogP contribution >= 0.6 is 0 Å². The lowest BCUT2D eigenvalue weighted by Crippen LogP contribution is -2.05. The van der Waals surface area contributed by atoms with Crippen LogP contribution in [0.5, 0.6) is 0 Å². The first-order chi connectivity index (χ1) is 12.4. The van der Waals surface area contributed by atoms with Gasteiger partial charge in [0, 0.05) is 34.9 Å². The number of hydrogen-bond donors (Lipinski definition) is 1. The first kappa shape index (κ1) is 18.0. The van der Waals surface area contributed by atoms with E-state index < -0.39 is 11.7 Å². The van der Waals surface area contributed by atoms with E-state index in [1.165, 1.54) is 6.07 Å². The number of rotatable bonds is 5. The van der Waals surface area contributed by atoms with Gasteiger partial charge in [0.2, 0.25) is 0 Å². The Bertz CT molecular complexity index is 911. The molecule has 1 N–H and O–H groups in total. The number of hydrogen-bond acceptors (Lipinski definition) is 3. The van der Waals surface area contributed by atoms with Crippen LogP contribution in [0.4, 0.5) is 19.0 Å². The molecule has 0 saturated heterocycles. The Hall–Kier alpha value is -2.83. The number of halogens is 3. The highest BCUT2D eigenvalue weighted by Crippen LogP contribution is 2.29. The van der Waals surface area contributed by atoms with E-state index in [0.717, 1.165) is 35.2 Å². The molecule has 0 saturated carbocycles. The zero-order valence-electron chi connectivity index (χ0n) is 14.5. The average Bonchev–Trinajstić information content (AvgIpc) is 3.00. The topological polar surface area (TPSA) is 42.2 Å². The molecular weight excluding hydrogens is 341 g/mol. The molecule has 2 heterocycles. The molecule has 1 atom stereocenters. The summed E-state index contributed by atoms with van der Waals surface area (Å²) in [5.74, 6) is 0.250. The Balaban J connectivity index is 1.81. The number of nitrogens with one attached hydrogen (secondary N) is 1. The van der Waals surface area contributed by atoms with Crippen LogP contribution in [-0.2, 0) is 6.18 Å². The van der Waals surface area contributed by atoms with E-state index in [0.29, 0.717) is 6.04 Å². The van der Waals surface area contributed by atoms with Crippen molar-refractivity contribution in [1.29, 1.82) is 0 Å². The van der Waals surface area contributed by atoms with Crippen molar-refractivity contribution in [3.63, 3.8) is 0 Å². The summed E-state index contributed by atoms with van der Waals surface area (Å²) >= 11 is 0. The zero-order chi connectivity index (χ0) is 18.7. The fourth-order valence-corrected chi connectivity index (χ4v) is 2.69. The van der Waals surface area contributed by atoms with Gasteiger partial charge in [0.05, 0.1) is 11.8 Å². The lowest BCUT2D eigenvalue weighted by atomic mass is 10.2. The maximum Gasteiger partial charge on any atom is 0.417 e. The molecule has 4 nitrogen and oxygen atoms in total. The molecule has 26 heavy (non-hydrogen) atoms. The van der Waals surface area contributed by atoms with Crippen LogP contribution in [0.25, 0.3) is 10.9 Å². The number of nitrogens with zero attached hydrogens (tertiary/aromatic N) is 3. The molecular formula is C19H19F3N4. The van der Waals surface area contributed by atoms with E-state index in [-0.39, 0.29) is 5.82 Å². The minimum absolute atomic E-state index is 0.250. The van der Waals surface area contributed by atoms with Crippen molar-refractivity contribution in [2.24, 2.45) is 5.10 Å². The Labute approximate surface area is 149 Å². The minimum Gasteiger partial charge on any atom is -0.344 e. The molecule has 2 aromatic heterocycles. The number of benzene rings is 1. The minimum atomic E-state index is -4.40. The van der Waals surface area contributed by atoms with Gasteiger partial charge in [-0.1, -0.05) is 25.1 Å². The standard InChI is InChI=1S/C19H19F3N4/c1-3-13(2)26-12-14(16-6-4-5-7-17(16)26)10-24-25-18-9-8-15(11-23-18)19(20,21)22/h4-13H,3H2,1-2H3,(H,23,25)/b24-10-/t13-/m1/s1. The predicted octanol–water partition coefficient (Wildman–Crippen LogP) is 5.47. The Kier molecular flexibility index (Phi) is 4.97. The highest BCUT2D eigenvalue weighted by atomic mass is 19.4. The summed E-state index contributed by atoms with van der Waals surface area (Å²) in [6.07, 6.45) is 1.08. The lowest BCUT2D eigenvalue weighted by Gasteiger charge is -2.12. The summed E-state index contributed by atoms with van der Waals surface area (Å²) in [5, 5.41) is 5.19. The maximum atomic E-state index is 12.5. The summed E-state index contributed by atoms with van der Waals surface area (Å²) in [7, 11) is 0. The Morgan fingerprint density at radius 2 is 2.00 bits per heavy atom. The first-order valence-corrected chi connectivity index (χ1v) is 8.32. The largest absolute Gasteiger partial charge is 0.417 e. The van der Waals surface area contributed by atoms with E-state index in [9.17, 15) is 13.2 Å². The van der Waals surface area contributed by atoms with Crippen molar-refractivity contribution in [3.8, 4) is 0 Å². The molecule has 0 fully saturated rings. The second kappa shape index (κ2) is 7.19. The summed E-state index contributed by atoms with van der Waals surface area (Å²) in [6, 6.07) is 10.6. The quantitative estimate of drug-likeness (QED) is 0.484. The smallest absolute Gasteiger partial charge is 0.344 e. The SMILES string of the molecule is CC[C@@H](C)n1cc(/C=N\Nc2ccc(C(F)(F)F)cn2)c2ccccc21. The highest BCUT2D eigenvalue weighted by Gasteiger charge is 2.30. The zero-order valence-corrected chi connectivity index (χ0v) is 14.5. The van der Waals surface area contributed by atoms with Crippen LogP contribution in [0.3, 0.4) is 0 Å². The van der Waals surface area contributed by atoms with Crippen molar-refractivity contribution in [2.75, 3.05) is 5.43 Å². The van der Waals surface area contributed by atoms with Crippen molar-refractivity contribution in [2.45, 2.75) is 32.5 Å². The van der Waals surface area contributed by atoms with Crippen LogP contribution in [0.1, 0.15) is 37.4 Å². The third kappa shape index (κ3) is 3.71. The van der Waals surface area contributed by atoms with E-state index in [1.54, 1.807) is 6.21 Å². The van der Waals surface area contributed by atoms with Gasteiger partial charge in [-0.2, -0.15) is 18.3 Å². The van der Waals surface area contributed by atoms with Crippen LogP contribution in [0.15, 0.2) is 53.9 Å². The second-order valence-electron chi connectivity index (χ2n) is 6.07. The van der Waals surface area contributed by atoms with Gasteiger partial charge in [-0.25, -0.2) is 4.98 Å². The number of anilines is 1. The molecule has 0 unspecified atom stereocenters. The Morgan fingerprint density at radius 1 is 1.23 bits per heavy atom. The molecule has 0 aliphatic carbocycles. The molecule has 136 valence electrons. The fourth-order valence-electron chi connectivity index (χ4n) is 2.69. The van der Waals surface area contributed by atoms with E-state index in [2.05, 4.69) is 40.0 Å². The molecule has 0 bridgehead atoms. The van der Waals surface area contributed by atoms with Gasteiger partial charge >= 0.3 is 6.18 Å². The van der Waals surface area contributed by atoms with Gasteiger partial charge in [-0.15, -0.1) is 0 Å². The van der Waals surface area contributed by atoms with Gasteiger partial charge in [0.1, 0.15) is 5.82 Å².